The smallest absolute Gasteiger partial charge is 0.330 e. The molecule has 0 bridgehead atoms. The maximum Gasteiger partial charge on any atom is 0.330 e. The largest absolute Gasteiger partial charge is 0.394 e. The number of nitrogens with two attached hydrogens (primary N) is 3. The quantitative estimate of drug-likeness (QED) is 0.114. The van der Waals surface area contributed by atoms with Crippen LogP contribution in [0.15, 0.2) is 15.8 Å². The molecule has 1 aromatic heterocycles. The Bertz CT molecular complexity index is 907. The van der Waals surface area contributed by atoms with Crippen LogP contribution in [-0.2, 0) is 20.0 Å². The molecule has 0 aromatic carbocycles. The molecule has 1 aliphatic heterocycles. The number of nitrogens with one attached hydrogen (secondary N) is 1. The second kappa shape index (κ2) is 14.7. The van der Waals surface area contributed by atoms with Crippen LogP contribution in [-0.4, -0.2) is 95.7 Å². The van der Waals surface area contributed by atoms with Crippen LogP contribution in [0.1, 0.15) is 24.8 Å². The van der Waals surface area contributed by atoms with Gasteiger partial charge >= 0.3 is 5.69 Å². The van der Waals surface area contributed by atoms with E-state index < -0.39 is 40.9 Å². The summed E-state index contributed by atoms with van der Waals surface area (Å²) in [5.41, 5.74) is 11.5. The molecule has 0 unspecified atom stereocenters. The van der Waals surface area contributed by atoms with E-state index in [9.17, 15) is 19.8 Å². The number of aromatic nitrogens is 2. The molecule has 0 amide bonds. The third-order valence-corrected chi connectivity index (χ3v) is 6.16. The number of hydroxylamine groups is 2. The van der Waals surface area contributed by atoms with Gasteiger partial charge in [-0.25, -0.2) is 4.79 Å². The maximum atomic E-state index is 13.0. The minimum atomic E-state index is -1.84. The number of aliphatic hydroxyl groups excluding tert-OH is 1. The summed E-state index contributed by atoms with van der Waals surface area (Å²) in [4.78, 5) is 32.8. The third-order valence-electron chi connectivity index (χ3n) is 6.16. The SMILES string of the molecule is Cc1cn([C@]2(CCN)O[C@H](CO)[C@](O)(CCN)[C@@]2(CCN)OCCON(C)C)c(=O)[nH]c1=O.F.F.F. The fourth-order valence-corrected chi connectivity index (χ4v) is 4.82. The van der Waals surface area contributed by atoms with Crippen molar-refractivity contribution in [3.63, 3.8) is 0 Å². The van der Waals surface area contributed by atoms with E-state index in [4.69, 9.17) is 31.5 Å². The summed E-state index contributed by atoms with van der Waals surface area (Å²) in [6.45, 7) is 1.20. The van der Waals surface area contributed by atoms with E-state index in [0.29, 0.717) is 0 Å². The maximum absolute atomic E-state index is 13.0. The zero-order valence-corrected chi connectivity index (χ0v) is 20.8. The highest BCUT2D eigenvalue weighted by Crippen LogP contribution is 2.56. The highest BCUT2D eigenvalue weighted by molar-refractivity contribution is 5.21. The normalized spacial score (nSPS) is 27.3. The number of hydrogen-bond acceptors (Lipinski definition) is 11. The van der Waals surface area contributed by atoms with Gasteiger partial charge in [-0.1, -0.05) is 0 Å². The van der Waals surface area contributed by atoms with Crippen LogP contribution < -0.4 is 28.5 Å². The molecule has 1 fully saturated rings. The first-order chi connectivity index (χ1) is 15.6. The molecule has 0 saturated carbocycles. The fraction of sp³-hybridized carbons (Fsp3) is 0.800. The lowest BCUT2D eigenvalue weighted by Crippen LogP contribution is -2.69. The summed E-state index contributed by atoms with van der Waals surface area (Å²) in [5, 5.41) is 23.7. The van der Waals surface area contributed by atoms with Crippen molar-refractivity contribution in [2.24, 2.45) is 17.2 Å². The van der Waals surface area contributed by atoms with Crippen LogP contribution in [0, 0.1) is 6.92 Å². The van der Waals surface area contributed by atoms with Gasteiger partial charge in [-0.3, -0.25) is 33.3 Å². The van der Waals surface area contributed by atoms with Crippen molar-refractivity contribution in [3.05, 3.63) is 32.6 Å². The highest BCUT2D eigenvalue weighted by atomic mass is 19.0. The molecule has 0 spiro atoms. The van der Waals surface area contributed by atoms with Gasteiger partial charge < -0.3 is 36.9 Å². The van der Waals surface area contributed by atoms with E-state index in [1.807, 2.05) is 0 Å². The number of aliphatic hydroxyl groups is 2. The molecule has 1 aromatic rings. The molecule has 9 N–H and O–H groups in total. The molecular formula is C20H41F3N6O7. The molecule has 2 heterocycles. The lowest BCUT2D eigenvalue weighted by atomic mass is 9.69. The summed E-state index contributed by atoms with van der Waals surface area (Å²) >= 11 is 0. The van der Waals surface area contributed by atoms with E-state index >= 15 is 0 Å². The van der Waals surface area contributed by atoms with Crippen LogP contribution >= 0.6 is 0 Å². The zero-order valence-electron chi connectivity index (χ0n) is 20.8. The minimum absolute atomic E-state index is 0. The standard InChI is InChI=1S/C20H38N6O7.3FH/c1-14-12-26(17(29)24-16(14)28)20(6-9-23)19(5-8-22,31-10-11-32-25(2)3)18(30,4-7-21)15(13-27)33-20;;;/h12,15,27,30H,4-11,13,21-23H2,1-3H3,(H,24,28,29);3*1H/t15-,18-,19-,20-;;;/m1.../s1. The predicted molar refractivity (Wildman–Crippen MR) is 128 cm³/mol. The Labute approximate surface area is 206 Å². The zero-order chi connectivity index (χ0) is 24.9. The number of H-pyrrole nitrogens is 1. The third kappa shape index (κ3) is 6.15. The van der Waals surface area contributed by atoms with Crippen LogP contribution in [0.2, 0.25) is 0 Å². The second-order valence-corrected chi connectivity index (χ2v) is 8.38. The summed E-state index contributed by atoms with van der Waals surface area (Å²) in [5.74, 6) is 0. The minimum Gasteiger partial charge on any atom is -0.394 e. The number of halogens is 3. The van der Waals surface area contributed by atoms with Crippen molar-refractivity contribution < 1.29 is 38.6 Å². The molecule has 16 heteroatoms. The van der Waals surface area contributed by atoms with Gasteiger partial charge in [-0.2, -0.15) is 5.06 Å². The van der Waals surface area contributed by atoms with Gasteiger partial charge in [0.25, 0.3) is 5.56 Å². The van der Waals surface area contributed by atoms with E-state index in [2.05, 4.69) is 4.98 Å². The summed E-state index contributed by atoms with van der Waals surface area (Å²) in [7, 11) is 3.42. The Hall–Kier alpha value is -1.89. The molecule has 214 valence electrons. The van der Waals surface area contributed by atoms with Crippen molar-refractivity contribution in [2.45, 2.75) is 49.2 Å². The molecule has 2 rings (SSSR count). The predicted octanol–water partition coefficient (Wildman–Crippen LogP) is -2.63. The summed E-state index contributed by atoms with van der Waals surface area (Å²) in [6, 6.07) is 0. The van der Waals surface area contributed by atoms with Crippen LogP contribution in [0.3, 0.4) is 0 Å². The van der Waals surface area contributed by atoms with E-state index in [1.54, 1.807) is 14.1 Å². The Balaban J connectivity index is 0. The molecule has 36 heavy (non-hydrogen) atoms. The first-order valence-electron chi connectivity index (χ1n) is 11.0. The molecule has 4 atom stereocenters. The summed E-state index contributed by atoms with van der Waals surface area (Å²) in [6.07, 6.45) is 0.191. The number of rotatable bonds is 13. The Morgan fingerprint density at radius 2 is 1.67 bits per heavy atom. The first-order valence-corrected chi connectivity index (χ1v) is 11.0. The topological polar surface area (TPSA) is 204 Å². The first kappa shape index (κ1) is 36.3. The summed E-state index contributed by atoms with van der Waals surface area (Å²) < 4.78 is 13.8. The fourth-order valence-electron chi connectivity index (χ4n) is 4.82. The lowest BCUT2D eigenvalue weighted by Gasteiger charge is -2.50. The molecule has 13 nitrogen and oxygen atoms in total. The Morgan fingerprint density at radius 3 is 2.17 bits per heavy atom. The molecule has 1 saturated heterocycles. The van der Waals surface area contributed by atoms with Crippen LogP contribution in [0.4, 0.5) is 14.1 Å². The average molecular weight is 535 g/mol. The monoisotopic (exact) mass is 534 g/mol. The van der Waals surface area contributed by atoms with E-state index in [1.165, 1.54) is 22.8 Å². The van der Waals surface area contributed by atoms with Gasteiger partial charge in [0.1, 0.15) is 17.3 Å². The van der Waals surface area contributed by atoms with Gasteiger partial charge in [-0.15, -0.1) is 0 Å². The second-order valence-electron chi connectivity index (χ2n) is 8.38. The van der Waals surface area contributed by atoms with Gasteiger partial charge in [0.2, 0.25) is 0 Å². The van der Waals surface area contributed by atoms with Crippen LogP contribution in [0.5, 0.6) is 0 Å². The van der Waals surface area contributed by atoms with Crippen molar-refractivity contribution in [1.29, 1.82) is 0 Å². The van der Waals surface area contributed by atoms with Crippen molar-refractivity contribution in [1.82, 2.24) is 14.6 Å². The molecule has 0 aliphatic carbocycles. The van der Waals surface area contributed by atoms with Gasteiger partial charge in [0, 0.05) is 32.3 Å². The lowest BCUT2D eigenvalue weighted by molar-refractivity contribution is -0.254. The van der Waals surface area contributed by atoms with Crippen molar-refractivity contribution in [3.8, 4) is 0 Å². The molecular weight excluding hydrogens is 493 g/mol. The Morgan fingerprint density at radius 1 is 1.08 bits per heavy atom. The van der Waals surface area contributed by atoms with E-state index in [0.717, 1.165) is 0 Å². The van der Waals surface area contributed by atoms with Gasteiger partial charge in [-0.05, 0) is 39.4 Å². The molecule has 0 radical (unpaired) electrons. The average Bonchev–Trinajstić information content (AvgIpc) is 2.94. The van der Waals surface area contributed by atoms with Crippen molar-refractivity contribution >= 4 is 0 Å². The number of ether oxygens (including phenoxy) is 2. The molecule has 1 aliphatic rings. The van der Waals surface area contributed by atoms with Crippen molar-refractivity contribution in [2.75, 3.05) is 53.6 Å². The number of aryl methyl sites for hydroxylation is 1. The number of aromatic amines is 1. The highest BCUT2D eigenvalue weighted by Gasteiger charge is 2.74. The van der Waals surface area contributed by atoms with Crippen LogP contribution in [0.25, 0.3) is 0 Å². The van der Waals surface area contributed by atoms with Gasteiger partial charge in [0.05, 0.1) is 19.8 Å². The van der Waals surface area contributed by atoms with E-state index in [-0.39, 0.29) is 71.8 Å². The van der Waals surface area contributed by atoms with Gasteiger partial charge in [0.15, 0.2) is 5.72 Å². The number of nitrogens with zero attached hydrogens (tertiary/aromatic N) is 2. The Kier molecular flexibility index (Phi) is 14.9. The number of hydrogen-bond donors (Lipinski definition) is 6.